The molecule has 0 bridgehead atoms. The fraction of sp³-hybridized carbons (Fsp3) is 0.368. The number of hydrogen-bond donors (Lipinski definition) is 1. The van der Waals surface area contributed by atoms with E-state index in [1.807, 2.05) is 0 Å². The maximum atomic E-state index is 13.3. The summed E-state index contributed by atoms with van der Waals surface area (Å²) in [5, 5.41) is 3.19. The van der Waals surface area contributed by atoms with Crippen molar-refractivity contribution in [1.82, 2.24) is 9.21 Å². The number of piperazine rings is 1. The van der Waals surface area contributed by atoms with Gasteiger partial charge in [0.1, 0.15) is 5.82 Å². The summed E-state index contributed by atoms with van der Waals surface area (Å²) in [4.78, 5) is 27.3. The van der Waals surface area contributed by atoms with Gasteiger partial charge >= 0.3 is 0 Å². The Morgan fingerprint density at radius 3 is 2.48 bits per heavy atom. The van der Waals surface area contributed by atoms with E-state index in [9.17, 15) is 22.4 Å². The van der Waals surface area contributed by atoms with Crippen LogP contribution in [0.3, 0.4) is 0 Å². The van der Waals surface area contributed by atoms with Crippen molar-refractivity contribution in [2.75, 3.05) is 37.2 Å². The fourth-order valence-electron chi connectivity index (χ4n) is 3.07. The number of aryl methyl sites for hydroxylation is 1. The number of nitrogens with one attached hydrogen (secondary N) is 1. The van der Waals surface area contributed by atoms with Crippen molar-refractivity contribution in [1.29, 1.82) is 0 Å². The number of carbonyl (C=O) groups excluding carboxylic acids is 2. The number of halogens is 1. The van der Waals surface area contributed by atoms with Gasteiger partial charge in [0.25, 0.3) is 11.8 Å². The first-order valence-corrected chi connectivity index (χ1v) is 11.6. The lowest BCUT2D eigenvalue weighted by atomic mass is 10.2. The van der Waals surface area contributed by atoms with Crippen LogP contribution in [0.2, 0.25) is 0 Å². The summed E-state index contributed by atoms with van der Waals surface area (Å²) in [6.07, 6.45) is 0. The van der Waals surface area contributed by atoms with Gasteiger partial charge in [-0.15, -0.1) is 11.3 Å². The molecule has 3 rings (SSSR count). The number of carbonyl (C=O) groups is 2. The van der Waals surface area contributed by atoms with Crippen LogP contribution in [0.4, 0.5) is 9.39 Å². The first-order valence-electron chi connectivity index (χ1n) is 9.15. The molecule has 0 spiro atoms. The number of hydrogen-bond acceptors (Lipinski definition) is 5. The summed E-state index contributed by atoms with van der Waals surface area (Å²) in [6, 6.07) is 7.07. The minimum atomic E-state index is -3.26. The van der Waals surface area contributed by atoms with Crippen LogP contribution in [-0.2, 0) is 10.0 Å². The number of anilines is 1. The van der Waals surface area contributed by atoms with Gasteiger partial charge in [0.15, 0.2) is 0 Å². The summed E-state index contributed by atoms with van der Waals surface area (Å²) in [5.74, 6) is -1.10. The molecule has 7 nitrogen and oxygen atoms in total. The lowest BCUT2D eigenvalue weighted by Crippen LogP contribution is -2.50. The third kappa shape index (κ3) is 4.82. The van der Waals surface area contributed by atoms with Crippen molar-refractivity contribution in [2.24, 2.45) is 0 Å². The maximum Gasteiger partial charge on any atom is 0.264 e. The topological polar surface area (TPSA) is 86.8 Å². The molecule has 2 heterocycles. The standard InChI is InChI=1S/C19H22FN3O4S2/c1-3-29(26,27)23-9-7-22(8-10-23)19(25)17-13(2)11-16(28-17)21-18(24)14-5-4-6-15(20)12-14/h4-6,11-12H,3,7-10H2,1-2H3,(H,21,24). The first kappa shape index (κ1) is 21.4. The van der Waals surface area contributed by atoms with Crippen molar-refractivity contribution in [3.8, 4) is 0 Å². The number of thiophene rings is 1. The summed E-state index contributed by atoms with van der Waals surface area (Å²) in [7, 11) is -3.26. The largest absolute Gasteiger partial charge is 0.335 e. The van der Waals surface area contributed by atoms with E-state index in [4.69, 9.17) is 0 Å². The SMILES string of the molecule is CCS(=O)(=O)N1CCN(C(=O)c2sc(NC(=O)c3cccc(F)c3)cc2C)CC1. The first-order chi connectivity index (χ1) is 13.7. The van der Waals surface area contributed by atoms with E-state index in [1.165, 1.54) is 22.5 Å². The van der Waals surface area contributed by atoms with E-state index >= 15 is 0 Å². The van der Waals surface area contributed by atoms with Crippen LogP contribution >= 0.6 is 11.3 Å². The molecule has 2 aromatic rings. The van der Waals surface area contributed by atoms with Gasteiger partial charge in [-0.05, 0) is 43.7 Å². The summed E-state index contributed by atoms with van der Waals surface area (Å²) in [6.45, 7) is 4.56. The van der Waals surface area contributed by atoms with Crippen molar-refractivity contribution >= 4 is 38.2 Å². The Labute approximate surface area is 173 Å². The molecule has 1 aromatic heterocycles. The Morgan fingerprint density at radius 2 is 1.86 bits per heavy atom. The molecule has 1 aromatic carbocycles. The fourth-order valence-corrected chi connectivity index (χ4v) is 5.19. The zero-order valence-corrected chi connectivity index (χ0v) is 17.8. The quantitative estimate of drug-likeness (QED) is 0.776. The number of sulfonamides is 1. The van der Waals surface area contributed by atoms with Gasteiger partial charge in [0.2, 0.25) is 10.0 Å². The Kier molecular flexibility index (Phi) is 6.35. The van der Waals surface area contributed by atoms with Gasteiger partial charge in [0.05, 0.1) is 15.6 Å². The molecule has 29 heavy (non-hydrogen) atoms. The average molecular weight is 440 g/mol. The number of amides is 2. The van der Waals surface area contributed by atoms with Crippen LogP contribution in [-0.4, -0.2) is 61.4 Å². The highest BCUT2D eigenvalue weighted by atomic mass is 32.2. The molecule has 0 radical (unpaired) electrons. The van der Waals surface area contributed by atoms with E-state index in [0.29, 0.717) is 23.0 Å². The second-order valence-corrected chi connectivity index (χ2v) is 9.99. The molecular weight excluding hydrogens is 417 g/mol. The van der Waals surface area contributed by atoms with Crippen molar-refractivity contribution in [2.45, 2.75) is 13.8 Å². The molecule has 156 valence electrons. The predicted molar refractivity (Wildman–Crippen MR) is 110 cm³/mol. The zero-order valence-electron chi connectivity index (χ0n) is 16.1. The molecule has 1 saturated heterocycles. The molecule has 0 unspecified atom stereocenters. The second kappa shape index (κ2) is 8.60. The van der Waals surface area contributed by atoms with Crippen LogP contribution in [0, 0.1) is 12.7 Å². The normalized spacial score (nSPS) is 15.3. The minimum Gasteiger partial charge on any atom is -0.335 e. The molecule has 1 N–H and O–H groups in total. The average Bonchev–Trinajstić information content (AvgIpc) is 3.07. The number of benzene rings is 1. The van der Waals surface area contributed by atoms with Crippen LogP contribution in [0.25, 0.3) is 0 Å². The molecule has 0 saturated carbocycles. The molecule has 1 aliphatic rings. The summed E-state index contributed by atoms with van der Waals surface area (Å²) >= 11 is 1.15. The lowest BCUT2D eigenvalue weighted by molar-refractivity contribution is 0.0702. The highest BCUT2D eigenvalue weighted by Gasteiger charge is 2.29. The molecule has 2 amide bonds. The van der Waals surface area contributed by atoms with Gasteiger partial charge in [-0.1, -0.05) is 6.07 Å². The van der Waals surface area contributed by atoms with Gasteiger partial charge in [-0.3, -0.25) is 9.59 Å². The number of rotatable bonds is 5. The van der Waals surface area contributed by atoms with E-state index in [1.54, 1.807) is 24.8 Å². The smallest absolute Gasteiger partial charge is 0.264 e. The molecule has 0 aliphatic carbocycles. The molecular formula is C19H22FN3O4S2. The molecule has 10 heteroatoms. The van der Waals surface area contributed by atoms with E-state index < -0.39 is 21.7 Å². The van der Waals surface area contributed by atoms with Crippen LogP contribution in [0.1, 0.15) is 32.5 Å². The van der Waals surface area contributed by atoms with Crippen molar-refractivity contribution in [3.05, 3.63) is 52.2 Å². The number of nitrogens with zero attached hydrogens (tertiary/aromatic N) is 2. The third-order valence-corrected chi connectivity index (χ3v) is 7.74. The van der Waals surface area contributed by atoms with Gasteiger partial charge in [-0.2, -0.15) is 4.31 Å². The Hall–Kier alpha value is -2.30. The second-order valence-electron chi connectivity index (χ2n) is 6.68. The summed E-state index contributed by atoms with van der Waals surface area (Å²) < 4.78 is 38.6. The van der Waals surface area contributed by atoms with Gasteiger partial charge in [-0.25, -0.2) is 12.8 Å². The van der Waals surface area contributed by atoms with Gasteiger partial charge < -0.3 is 10.2 Å². The van der Waals surface area contributed by atoms with Crippen LogP contribution in [0.5, 0.6) is 0 Å². The van der Waals surface area contributed by atoms with Crippen LogP contribution in [0.15, 0.2) is 30.3 Å². The molecule has 0 atom stereocenters. The molecule has 1 aliphatic heterocycles. The van der Waals surface area contributed by atoms with Crippen molar-refractivity contribution in [3.63, 3.8) is 0 Å². The van der Waals surface area contributed by atoms with Crippen LogP contribution < -0.4 is 5.32 Å². The monoisotopic (exact) mass is 439 g/mol. The summed E-state index contributed by atoms with van der Waals surface area (Å²) in [5.41, 5.74) is 0.912. The van der Waals surface area contributed by atoms with E-state index in [-0.39, 0.29) is 30.3 Å². The van der Waals surface area contributed by atoms with Gasteiger partial charge in [0, 0.05) is 31.7 Å². The third-order valence-electron chi connectivity index (χ3n) is 4.72. The minimum absolute atomic E-state index is 0.0410. The van der Waals surface area contributed by atoms with E-state index in [0.717, 1.165) is 23.0 Å². The lowest BCUT2D eigenvalue weighted by Gasteiger charge is -2.33. The predicted octanol–water partition coefficient (Wildman–Crippen LogP) is 2.56. The Morgan fingerprint density at radius 1 is 1.17 bits per heavy atom. The zero-order chi connectivity index (χ0) is 21.2. The highest BCUT2D eigenvalue weighted by molar-refractivity contribution is 7.89. The highest BCUT2D eigenvalue weighted by Crippen LogP contribution is 2.29. The van der Waals surface area contributed by atoms with Crippen molar-refractivity contribution < 1.29 is 22.4 Å². The Balaban J connectivity index is 1.67. The Bertz CT molecular complexity index is 1030. The maximum absolute atomic E-state index is 13.3. The van der Waals surface area contributed by atoms with E-state index in [2.05, 4.69) is 5.32 Å². The molecule has 1 fully saturated rings.